The summed E-state index contributed by atoms with van der Waals surface area (Å²) in [5, 5.41) is 6.39. The van der Waals surface area contributed by atoms with Gasteiger partial charge in [-0.3, -0.25) is 4.99 Å². The summed E-state index contributed by atoms with van der Waals surface area (Å²) >= 11 is 0. The van der Waals surface area contributed by atoms with Gasteiger partial charge in [-0.2, -0.15) is 4.31 Å². The van der Waals surface area contributed by atoms with Crippen molar-refractivity contribution in [2.75, 3.05) is 20.1 Å². The summed E-state index contributed by atoms with van der Waals surface area (Å²) < 4.78 is 40.8. The van der Waals surface area contributed by atoms with Crippen molar-refractivity contribution in [3.8, 4) is 0 Å². The molecule has 0 unspecified atom stereocenters. The molecule has 1 fully saturated rings. The predicted octanol–water partition coefficient (Wildman–Crippen LogP) is 3.17. The van der Waals surface area contributed by atoms with E-state index < -0.39 is 10.0 Å². The number of hydrogen-bond donors (Lipinski definition) is 2. The number of hydrogen-bond acceptors (Lipinski definition) is 3. The van der Waals surface area contributed by atoms with Crippen molar-refractivity contribution in [1.29, 1.82) is 0 Å². The van der Waals surface area contributed by atoms with E-state index in [-0.39, 0.29) is 5.82 Å². The minimum Gasteiger partial charge on any atom is -0.352 e. The van der Waals surface area contributed by atoms with Crippen molar-refractivity contribution in [2.24, 2.45) is 4.99 Å². The van der Waals surface area contributed by atoms with Gasteiger partial charge in [-0.05, 0) is 54.7 Å². The highest BCUT2D eigenvalue weighted by Crippen LogP contribution is 2.21. The molecule has 2 aromatic carbocycles. The van der Waals surface area contributed by atoms with E-state index in [9.17, 15) is 12.8 Å². The van der Waals surface area contributed by atoms with Crippen LogP contribution in [-0.2, 0) is 23.1 Å². The van der Waals surface area contributed by atoms with E-state index in [2.05, 4.69) is 15.6 Å². The van der Waals surface area contributed by atoms with Gasteiger partial charge >= 0.3 is 0 Å². The summed E-state index contributed by atoms with van der Waals surface area (Å²) in [5.41, 5.74) is 2.41. The topological polar surface area (TPSA) is 73.8 Å². The first-order valence-electron chi connectivity index (χ1n) is 10.2. The Labute approximate surface area is 178 Å². The lowest BCUT2D eigenvalue weighted by Crippen LogP contribution is -2.36. The molecule has 162 valence electrons. The monoisotopic (exact) mass is 432 g/mol. The van der Waals surface area contributed by atoms with Crippen LogP contribution in [0.25, 0.3) is 0 Å². The number of benzene rings is 2. The number of aryl methyl sites for hydroxylation is 1. The quantitative estimate of drug-likeness (QED) is 0.543. The zero-order valence-electron chi connectivity index (χ0n) is 17.5. The van der Waals surface area contributed by atoms with Crippen LogP contribution in [0, 0.1) is 12.7 Å². The van der Waals surface area contributed by atoms with Gasteiger partial charge in [0.25, 0.3) is 0 Å². The molecule has 0 spiro atoms. The highest BCUT2D eigenvalue weighted by atomic mass is 32.2. The van der Waals surface area contributed by atoms with E-state index in [0.717, 1.165) is 30.4 Å². The van der Waals surface area contributed by atoms with E-state index in [1.807, 2.05) is 6.07 Å². The van der Waals surface area contributed by atoms with Crippen molar-refractivity contribution in [2.45, 2.75) is 44.2 Å². The summed E-state index contributed by atoms with van der Waals surface area (Å²) in [4.78, 5) is 4.52. The van der Waals surface area contributed by atoms with E-state index in [0.29, 0.717) is 42.6 Å². The van der Waals surface area contributed by atoms with Crippen molar-refractivity contribution in [1.82, 2.24) is 14.9 Å². The van der Waals surface area contributed by atoms with Crippen LogP contribution in [0.1, 0.15) is 36.0 Å². The van der Waals surface area contributed by atoms with E-state index in [1.165, 1.54) is 6.07 Å². The van der Waals surface area contributed by atoms with Crippen LogP contribution in [0.3, 0.4) is 0 Å². The maximum atomic E-state index is 13.4. The van der Waals surface area contributed by atoms with Crippen LogP contribution in [0.15, 0.2) is 52.4 Å². The minimum atomic E-state index is -3.45. The second-order valence-corrected chi connectivity index (χ2v) is 9.41. The molecule has 0 aliphatic carbocycles. The van der Waals surface area contributed by atoms with Gasteiger partial charge in [-0.15, -0.1) is 0 Å². The second kappa shape index (κ2) is 10.0. The van der Waals surface area contributed by atoms with E-state index in [4.69, 9.17) is 0 Å². The first-order valence-corrected chi connectivity index (χ1v) is 11.6. The molecule has 0 saturated carbocycles. The van der Waals surface area contributed by atoms with Gasteiger partial charge < -0.3 is 10.6 Å². The Kier molecular flexibility index (Phi) is 7.44. The Hall–Kier alpha value is -2.45. The lowest BCUT2D eigenvalue weighted by molar-refractivity contribution is 0.346. The molecule has 3 rings (SSSR count). The molecular formula is C22H29FN4O2S. The first kappa shape index (κ1) is 22.2. The molecule has 0 amide bonds. The first-order chi connectivity index (χ1) is 14.4. The summed E-state index contributed by atoms with van der Waals surface area (Å²) in [6.45, 7) is 3.85. The molecule has 1 aliphatic heterocycles. The largest absolute Gasteiger partial charge is 0.352 e. The maximum absolute atomic E-state index is 13.4. The lowest BCUT2D eigenvalue weighted by Gasteiger charge is -2.26. The fraction of sp³-hybridized carbons (Fsp3) is 0.409. The molecule has 0 radical (unpaired) electrons. The van der Waals surface area contributed by atoms with Crippen LogP contribution >= 0.6 is 0 Å². The van der Waals surface area contributed by atoms with Crippen LogP contribution < -0.4 is 10.6 Å². The number of piperidine rings is 1. The zero-order chi connectivity index (χ0) is 21.6. The van der Waals surface area contributed by atoms with Gasteiger partial charge in [-0.1, -0.05) is 30.7 Å². The number of rotatable bonds is 6. The minimum absolute atomic E-state index is 0.222. The van der Waals surface area contributed by atoms with Gasteiger partial charge in [0.1, 0.15) is 5.82 Å². The number of aliphatic imine (C=N–C) groups is 1. The maximum Gasteiger partial charge on any atom is 0.243 e. The summed E-state index contributed by atoms with van der Waals surface area (Å²) in [6.07, 6.45) is 2.91. The highest BCUT2D eigenvalue weighted by Gasteiger charge is 2.25. The molecule has 6 nitrogen and oxygen atoms in total. The molecule has 30 heavy (non-hydrogen) atoms. The second-order valence-electron chi connectivity index (χ2n) is 7.48. The molecule has 2 N–H and O–H groups in total. The Balaban J connectivity index is 1.60. The average Bonchev–Trinajstić information content (AvgIpc) is 2.77. The Bertz CT molecular complexity index is 1000. The zero-order valence-corrected chi connectivity index (χ0v) is 18.3. The Morgan fingerprint density at radius 2 is 1.70 bits per heavy atom. The fourth-order valence-electron chi connectivity index (χ4n) is 3.48. The Morgan fingerprint density at radius 1 is 1.03 bits per heavy atom. The fourth-order valence-corrected chi connectivity index (χ4v) is 5.07. The third-order valence-corrected chi connectivity index (χ3v) is 7.11. The molecule has 1 heterocycles. The molecule has 0 atom stereocenters. The smallest absolute Gasteiger partial charge is 0.243 e. The summed E-state index contributed by atoms with van der Waals surface area (Å²) in [7, 11) is -1.78. The van der Waals surface area contributed by atoms with Crippen molar-refractivity contribution >= 4 is 16.0 Å². The molecule has 1 saturated heterocycles. The summed E-state index contributed by atoms with van der Waals surface area (Å²) in [5.74, 6) is 0.363. The molecule has 1 aliphatic rings. The van der Waals surface area contributed by atoms with Gasteiger partial charge in [-0.25, -0.2) is 12.8 Å². The highest BCUT2D eigenvalue weighted by molar-refractivity contribution is 7.89. The summed E-state index contributed by atoms with van der Waals surface area (Å²) in [6, 6.07) is 12.0. The molecule has 0 aromatic heterocycles. The van der Waals surface area contributed by atoms with Gasteiger partial charge in [0, 0.05) is 33.2 Å². The number of sulfonamides is 1. The van der Waals surface area contributed by atoms with Crippen LogP contribution in [0.5, 0.6) is 0 Å². The molecule has 0 bridgehead atoms. The number of halogens is 1. The van der Waals surface area contributed by atoms with Gasteiger partial charge in [0.2, 0.25) is 10.0 Å². The third kappa shape index (κ3) is 5.58. The standard InChI is InChI=1S/C22H29FN4O2S/c1-17-13-19(9-10-21(17)23)16-26-22(24-2)25-15-18-7-6-8-20(14-18)30(28,29)27-11-4-3-5-12-27/h6-10,13-14H,3-5,11-12,15-16H2,1-2H3,(H2,24,25,26). The van der Waals surface area contributed by atoms with E-state index >= 15 is 0 Å². The number of nitrogens with zero attached hydrogens (tertiary/aromatic N) is 2. The van der Waals surface area contributed by atoms with Crippen molar-refractivity contribution in [3.63, 3.8) is 0 Å². The van der Waals surface area contributed by atoms with Crippen molar-refractivity contribution in [3.05, 3.63) is 65.0 Å². The SMILES string of the molecule is CN=C(NCc1cccc(S(=O)(=O)N2CCCCC2)c1)NCc1ccc(F)c(C)c1. The number of guanidine groups is 1. The van der Waals surface area contributed by atoms with Gasteiger partial charge in [0.05, 0.1) is 4.90 Å². The van der Waals surface area contributed by atoms with Crippen LogP contribution in [-0.4, -0.2) is 38.8 Å². The van der Waals surface area contributed by atoms with Gasteiger partial charge in [0.15, 0.2) is 5.96 Å². The van der Waals surface area contributed by atoms with Crippen LogP contribution in [0.4, 0.5) is 4.39 Å². The molecule has 2 aromatic rings. The van der Waals surface area contributed by atoms with Crippen LogP contribution in [0.2, 0.25) is 0 Å². The van der Waals surface area contributed by atoms with E-state index in [1.54, 1.807) is 48.6 Å². The predicted molar refractivity (Wildman–Crippen MR) is 117 cm³/mol. The lowest BCUT2D eigenvalue weighted by atomic mass is 10.1. The molecular weight excluding hydrogens is 403 g/mol. The number of nitrogens with one attached hydrogen (secondary N) is 2. The normalized spacial score (nSPS) is 15.8. The average molecular weight is 433 g/mol. The Morgan fingerprint density at radius 3 is 2.33 bits per heavy atom. The third-order valence-electron chi connectivity index (χ3n) is 5.22. The van der Waals surface area contributed by atoms with Crippen molar-refractivity contribution < 1.29 is 12.8 Å². The molecule has 8 heteroatoms.